The van der Waals surface area contributed by atoms with E-state index in [0.29, 0.717) is 29.6 Å². The monoisotopic (exact) mass is 424 g/mol. The van der Waals surface area contributed by atoms with E-state index in [1.54, 1.807) is 24.3 Å². The van der Waals surface area contributed by atoms with Gasteiger partial charge in [-0.05, 0) is 48.9 Å². The van der Waals surface area contributed by atoms with Crippen LogP contribution in [0.25, 0.3) is 11.4 Å². The van der Waals surface area contributed by atoms with E-state index in [1.807, 2.05) is 0 Å². The number of halogens is 4. The Labute approximate surface area is 169 Å². The molecular weight excluding hydrogens is 409 g/mol. The fraction of sp³-hybridized carbons (Fsp3) is 0.211. The number of carbonyl (C=O) groups excluding carboxylic acids is 1. The van der Waals surface area contributed by atoms with Gasteiger partial charge in [-0.3, -0.25) is 15.6 Å². The van der Waals surface area contributed by atoms with Crippen molar-refractivity contribution in [1.29, 1.82) is 0 Å². The summed E-state index contributed by atoms with van der Waals surface area (Å²) < 4.78 is 43.2. The fourth-order valence-electron chi connectivity index (χ4n) is 2.45. The molecule has 6 nitrogen and oxygen atoms in total. The minimum atomic E-state index is -4.45. The molecule has 152 valence electrons. The zero-order chi connectivity index (χ0) is 20.9. The van der Waals surface area contributed by atoms with Crippen LogP contribution in [0.5, 0.6) is 0 Å². The average molecular weight is 425 g/mol. The van der Waals surface area contributed by atoms with Gasteiger partial charge in [-0.2, -0.15) is 18.2 Å². The highest BCUT2D eigenvalue weighted by atomic mass is 35.5. The number of carbonyl (C=O) groups is 1. The number of hydrogen-bond donors (Lipinski definition) is 2. The Balaban J connectivity index is 1.44. The maximum Gasteiger partial charge on any atom is 0.416 e. The van der Waals surface area contributed by atoms with Crippen LogP contribution in [0.1, 0.15) is 24.3 Å². The van der Waals surface area contributed by atoms with E-state index in [9.17, 15) is 18.0 Å². The fourth-order valence-corrected chi connectivity index (χ4v) is 2.58. The number of nitrogens with one attached hydrogen (secondary N) is 2. The first-order valence-corrected chi connectivity index (χ1v) is 9.00. The molecule has 0 radical (unpaired) electrons. The summed E-state index contributed by atoms with van der Waals surface area (Å²) in [7, 11) is 0. The van der Waals surface area contributed by atoms with Crippen LogP contribution in [-0.4, -0.2) is 16.0 Å². The lowest BCUT2D eigenvalue weighted by Crippen LogP contribution is -2.29. The van der Waals surface area contributed by atoms with Gasteiger partial charge in [-0.25, -0.2) is 0 Å². The Morgan fingerprint density at radius 1 is 1.14 bits per heavy atom. The third-order valence-electron chi connectivity index (χ3n) is 3.90. The molecule has 3 rings (SSSR count). The van der Waals surface area contributed by atoms with Gasteiger partial charge in [-0.15, -0.1) is 0 Å². The third-order valence-corrected chi connectivity index (χ3v) is 4.15. The zero-order valence-corrected chi connectivity index (χ0v) is 15.7. The molecule has 2 aromatic carbocycles. The molecule has 1 amide bonds. The molecule has 0 aliphatic heterocycles. The summed E-state index contributed by atoms with van der Waals surface area (Å²) in [6, 6.07) is 11.5. The van der Waals surface area contributed by atoms with Gasteiger partial charge in [0.05, 0.1) is 11.3 Å². The van der Waals surface area contributed by atoms with Crippen molar-refractivity contribution >= 4 is 23.2 Å². The SMILES string of the molecule is O=C(CCCc1nc(-c2ccc(Cl)cc2)no1)NNc1cccc(C(F)(F)F)c1. The van der Waals surface area contributed by atoms with Crippen LogP contribution in [0.4, 0.5) is 18.9 Å². The Kier molecular flexibility index (Phi) is 6.38. The first kappa shape index (κ1) is 20.7. The van der Waals surface area contributed by atoms with E-state index >= 15 is 0 Å². The highest BCUT2D eigenvalue weighted by Crippen LogP contribution is 2.30. The van der Waals surface area contributed by atoms with E-state index < -0.39 is 11.7 Å². The van der Waals surface area contributed by atoms with Gasteiger partial charge in [0.2, 0.25) is 17.6 Å². The van der Waals surface area contributed by atoms with Crippen molar-refractivity contribution in [3.63, 3.8) is 0 Å². The first-order valence-electron chi connectivity index (χ1n) is 8.62. The molecule has 0 spiro atoms. The van der Waals surface area contributed by atoms with Crippen molar-refractivity contribution in [3.8, 4) is 11.4 Å². The number of amides is 1. The zero-order valence-electron chi connectivity index (χ0n) is 15.0. The molecule has 0 saturated carbocycles. The number of hydrogen-bond acceptors (Lipinski definition) is 5. The molecule has 0 bridgehead atoms. The average Bonchev–Trinajstić information content (AvgIpc) is 3.15. The van der Waals surface area contributed by atoms with Gasteiger partial charge in [0, 0.05) is 23.4 Å². The predicted octanol–water partition coefficient (Wildman–Crippen LogP) is 4.87. The molecule has 0 aliphatic carbocycles. The standard InChI is InChI=1S/C19H16ClF3N4O2/c20-14-9-7-12(8-10-14)18-24-17(29-27-18)6-2-5-16(28)26-25-15-4-1-3-13(11-15)19(21,22)23/h1,3-4,7-11,25H,2,5-6H2,(H,26,28). The molecule has 0 aliphatic rings. The molecular formula is C19H16ClF3N4O2. The van der Waals surface area contributed by atoms with E-state index in [1.165, 1.54) is 12.1 Å². The largest absolute Gasteiger partial charge is 0.416 e. The Hall–Kier alpha value is -3.07. The number of rotatable bonds is 7. The van der Waals surface area contributed by atoms with Crippen molar-refractivity contribution in [2.45, 2.75) is 25.4 Å². The maximum atomic E-state index is 12.7. The summed E-state index contributed by atoms with van der Waals surface area (Å²) in [6.07, 6.45) is -3.50. The Morgan fingerprint density at radius 3 is 2.62 bits per heavy atom. The molecule has 0 saturated heterocycles. The molecule has 1 aromatic heterocycles. The second-order valence-electron chi connectivity index (χ2n) is 6.12. The number of nitrogens with zero attached hydrogens (tertiary/aromatic N) is 2. The van der Waals surface area contributed by atoms with Crippen molar-refractivity contribution in [3.05, 3.63) is 65.0 Å². The minimum absolute atomic E-state index is 0.130. The van der Waals surface area contributed by atoms with Gasteiger partial charge in [0.15, 0.2) is 0 Å². The van der Waals surface area contributed by atoms with Gasteiger partial charge in [-0.1, -0.05) is 22.8 Å². The quantitative estimate of drug-likeness (QED) is 0.529. The Morgan fingerprint density at radius 2 is 1.90 bits per heavy atom. The molecule has 3 aromatic rings. The van der Waals surface area contributed by atoms with Gasteiger partial charge < -0.3 is 4.52 Å². The summed E-state index contributed by atoms with van der Waals surface area (Å²) in [5, 5.41) is 4.48. The van der Waals surface area contributed by atoms with Crippen LogP contribution < -0.4 is 10.9 Å². The maximum absolute atomic E-state index is 12.7. The minimum Gasteiger partial charge on any atom is -0.339 e. The molecule has 10 heteroatoms. The third kappa shape index (κ3) is 5.95. The number of alkyl halides is 3. The van der Waals surface area contributed by atoms with Crippen LogP contribution in [0.2, 0.25) is 5.02 Å². The molecule has 29 heavy (non-hydrogen) atoms. The van der Waals surface area contributed by atoms with Crippen LogP contribution in [0, 0.1) is 0 Å². The normalized spacial score (nSPS) is 11.3. The van der Waals surface area contributed by atoms with Crippen LogP contribution in [0.3, 0.4) is 0 Å². The number of benzene rings is 2. The van der Waals surface area contributed by atoms with Gasteiger partial charge in [0.1, 0.15) is 0 Å². The topological polar surface area (TPSA) is 80.0 Å². The second kappa shape index (κ2) is 8.95. The molecule has 0 fully saturated rings. The molecule has 0 unspecified atom stereocenters. The summed E-state index contributed by atoms with van der Waals surface area (Å²) >= 11 is 5.84. The highest BCUT2D eigenvalue weighted by molar-refractivity contribution is 6.30. The van der Waals surface area contributed by atoms with Gasteiger partial charge >= 0.3 is 6.18 Å². The summed E-state index contributed by atoms with van der Waals surface area (Å²) in [6.45, 7) is 0. The number of hydrazine groups is 1. The number of aryl methyl sites for hydroxylation is 1. The first-order chi connectivity index (χ1) is 13.8. The van der Waals surface area contributed by atoms with Gasteiger partial charge in [0.25, 0.3) is 0 Å². The Bertz CT molecular complexity index is 974. The predicted molar refractivity (Wildman–Crippen MR) is 101 cm³/mol. The highest BCUT2D eigenvalue weighted by Gasteiger charge is 2.30. The molecule has 1 heterocycles. The van der Waals surface area contributed by atoms with Crippen LogP contribution in [0.15, 0.2) is 53.1 Å². The van der Waals surface area contributed by atoms with E-state index in [0.717, 1.165) is 17.7 Å². The van der Waals surface area contributed by atoms with E-state index in [2.05, 4.69) is 21.0 Å². The van der Waals surface area contributed by atoms with Crippen molar-refractivity contribution in [2.24, 2.45) is 0 Å². The van der Waals surface area contributed by atoms with E-state index in [-0.39, 0.29) is 18.0 Å². The van der Waals surface area contributed by atoms with Crippen LogP contribution >= 0.6 is 11.6 Å². The van der Waals surface area contributed by atoms with E-state index in [4.69, 9.17) is 16.1 Å². The second-order valence-corrected chi connectivity index (χ2v) is 6.56. The lowest BCUT2D eigenvalue weighted by atomic mass is 10.2. The van der Waals surface area contributed by atoms with Crippen LogP contribution in [-0.2, 0) is 17.4 Å². The molecule has 2 N–H and O–H groups in total. The van der Waals surface area contributed by atoms with Crippen molar-refractivity contribution in [2.75, 3.05) is 5.43 Å². The summed E-state index contributed by atoms with van der Waals surface area (Å²) in [5.74, 6) is 0.431. The molecule has 0 atom stereocenters. The number of anilines is 1. The van der Waals surface area contributed by atoms with Crippen molar-refractivity contribution in [1.82, 2.24) is 15.6 Å². The smallest absolute Gasteiger partial charge is 0.339 e. The number of aromatic nitrogens is 2. The summed E-state index contributed by atoms with van der Waals surface area (Å²) in [5.41, 5.74) is 4.93. The van der Waals surface area contributed by atoms with Crippen molar-refractivity contribution < 1.29 is 22.5 Å². The lowest BCUT2D eigenvalue weighted by Gasteiger charge is -2.11. The lowest BCUT2D eigenvalue weighted by molar-refractivity contribution is -0.137. The summed E-state index contributed by atoms with van der Waals surface area (Å²) in [4.78, 5) is 16.1.